The van der Waals surface area contributed by atoms with E-state index in [1.54, 1.807) is 18.2 Å². The molecule has 1 unspecified atom stereocenters. The standard InChI is InChI=1S/C20H22F2N2O5S/c1-28-18-12-14(9-10-17(18)29-20(21)22)13-23-19(25)16-8-5-11-24(16)30(26,27)15-6-3-2-4-7-15/h2-4,6-7,9-10,12,16,20H,5,8,11,13H2,1H3,(H,23,25). The molecule has 1 amide bonds. The lowest BCUT2D eigenvalue weighted by molar-refractivity contribution is -0.124. The molecule has 3 rings (SSSR count). The third-order valence-electron chi connectivity index (χ3n) is 4.77. The minimum absolute atomic E-state index is 0.0832. The average Bonchev–Trinajstić information content (AvgIpc) is 3.24. The van der Waals surface area contributed by atoms with Crippen LogP contribution in [0.3, 0.4) is 0 Å². The summed E-state index contributed by atoms with van der Waals surface area (Å²) in [5.41, 5.74) is 0.595. The number of carbonyl (C=O) groups is 1. The van der Waals surface area contributed by atoms with Crippen LogP contribution in [0.1, 0.15) is 18.4 Å². The molecule has 1 heterocycles. The Hall–Kier alpha value is -2.72. The zero-order chi connectivity index (χ0) is 21.7. The molecule has 30 heavy (non-hydrogen) atoms. The van der Waals surface area contributed by atoms with Gasteiger partial charge in [-0.2, -0.15) is 13.1 Å². The zero-order valence-corrected chi connectivity index (χ0v) is 17.1. The van der Waals surface area contributed by atoms with E-state index in [1.807, 2.05) is 0 Å². The van der Waals surface area contributed by atoms with Gasteiger partial charge in [0, 0.05) is 13.1 Å². The predicted octanol–water partition coefficient (Wildman–Crippen LogP) is 2.77. The topological polar surface area (TPSA) is 84.9 Å². The molecule has 1 fully saturated rings. The van der Waals surface area contributed by atoms with Crippen molar-refractivity contribution in [1.82, 2.24) is 9.62 Å². The number of alkyl halides is 2. The van der Waals surface area contributed by atoms with Crippen LogP contribution in [0.4, 0.5) is 8.78 Å². The molecule has 0 bridgehead atoms. The number of nitrogens with zero attached hydrogens (tertiary/aromatic N) is 1. The van der Waals surface area contributed by atoms with Gasteiger partial charge in [-0.15, -0.1) is 0 Å². The smallest absolute Gasteiger partial charge is 0.387 e. The Morgan fingerprint density at radius 2 is 1.93 bits per heavy atom. The highest BCUT2D eigenvalue weighted by molar-refractivity contribution is 7.89. The lowest BCUT2D eigenvalue weighted by Crippen LogP contribution is -2.45. The Morgan fingerprint density at radius 3 is 2.60 bits per heavy atom. The summed E-state index contributed by atoms with van der Waals surface area (Å²) in [5.74, 6) is -0.423. The van der Waals surface area contributed by atoms with Crippen LogP contribution in [-0.4, -0.2) is 44.9 Å². The summed E-state index contributed by atoms with van der Waals surface area (Å²) in [6, 6.07) is 11.5. The number of rotatable bonds is 8. The Labute approximate surface area is 173 Å². The van der Waals surface area contributed by atoms with Crippen LogP contribution in [0.15, 0.2) is 53.4 Å². The van der Waals surface area contributed by atoms with Crippen molar-refractivity contribution < 1.29 is 31.5 Å². The number of halogens is 2. The van der Waals surface area contributed by atoms with E-state index in [0.717, 1.165) is 0 Å². The summed E-state index contributed by atoms with van der Waals surface area (Å²) in [7, 11) is -2.46. The Balaban J connectivity index is 1.68. The van der Waals surface area contributed by atoms with Crippen molar-refractivity contribution in [1.29, 1.82) is 0 Å². The van der Waals surface area contributed by atoms with Crippen molar-refractivity contribution in [3.63, 3.8) is 0 Å². The third kappa shape index (κ3) is 4.88. The van der Waals surface area contributed by atoms with Crippen LogP contribution in [0.25, 0.3) is 0 Å². The number of amides is 1. The van der Waals surface area contributed by atoms with Gasteiger partial charge in [-0.1, -0.05) is 24.3 Å². The molecule has 1 atom stereocenters. The molecule has 2 aromatic rings. The van der Waals surface area contributed by atoms with Gasteiger partial charge in [0.05, 0.1) is 12.0 Å². The van der Waals surface area contributed by atoms with Crippen molar-refractivity contribution in [2.75, 3.05) is 13.7 Å². The molecule has 2 aromatic carbocycles. The van der Waals surface area contributed by atoms with Gasteiger partial charge < -0.3 is 14.8 Å². The zero-order valence-electron chi connectivity index (χ0n) is 16.3. The van der Waals surface area contributed by atoms with Crippen LogP contribution in [0, 0.1) is 0 Å². The largest absolute Gasteiger partial charge is 0.493 e. The number of methoxy groups -OCH3 is 1. The summed E-state index contributed by atoms with van der Waals surface area (Å²) in [4.78, 5) is 12.8. The highest BCUT2D eigenvalue weighted by Gasteiger charge is 2.39. The highest BCUT2D eigenvalue weighted by Crippen LogP contribution is 2.30. The van der Waals surface area contributed by atoms with Crippen LogP contribution in [-0.2, 0) is 21.4 Å². The molecule has 0 radical (unpaired) electrons. The van der Waals surface area contributed by atoms with E-state index in [0.29, 0.717) is 18.4 Å². The average molecular weight is 440 g/mol. The second-order valence-corrected chi connectivity index (χ2v) is 8.56. The van der Waals surface area contributed by atoms with Crippen LogP contribution < -0.4 is 14.8 Å². The molecule has 10 heteroatoms. The van der Waals surface area contributed by atoms with E-state index in [1.165, 1.54) is 41.7 Å². The van der Waals surface area contributed by atoms with Crippen molar-refractivity contribution in [3.05, 3.63) is 54.1 Å². The van der Waals surface area contributed by atoms with Crippen molar-refractivity contribution in [3.8, 4) is 11.5 Å². The van der Waals surface area contributed by atoms with Gasteiger partial charge in [-0.05, 0) is 42.7 Å². The summed E-state index contributed by atoms with van der Waals surface area (Å²) in [6.45, 7) is -2.63. The van der Waals surface area contributed by atoms with Crippen molar-refractivity contribution >= 4 is 15.9 Å². The fourth-order valence-electron chi connectivity index (χ4n) is 3.34. The lowest BCUT2D eigenvalue weighted by atomic mass is 10.1. The van der Waals surface area contributed by atoms with Crippen LogP contribution in [0.5, 0.6) is 11.5 Å². The normalized spacial score (nSPS) is 17.1. The van der Waals surface area contributed by atoms with Gasteiger partial charge in [-0.3, -0.25) is 4.79 Å². The monoisotopic (exact) mass is 440 g/mol. The minimum Gasteiger partial charge on any atom is -0.493 e. The Kier molecular flexibility index (Phi) is 6.88. The summed E-state index contributed by atoms with van der Waals surface area (Å²) < 4.78 is 61.3. The first-order valence-electron chi connectivity index (χ1n) is 9.29. The SMILES string of the molecule is COc1cc(CNC(=O)C2CCCN2S(=O)(=O)c2ccccc2)ccc1OC(F)F. The van der Waals surface area contributed by atoms with E-state index in [4.69, 9.17) is 4.74 Å². The van der Waals surface area contributed by atoms with Crippen molar-refractivity contribution in [2.24, 2.45) is 0 Å². The Bertz CT molecular complexity index is 986. The van der Waals surface area contributed by atoms with E-state index in [-0.39, 0.29) is 29.5 Å². The van der Waals surface area contributed by atoms with Gasteiger partial charge in [0.15, 0.2) is 11.5 Å². The molecule has 0 spiro atoms. The molecule has 162 valence electrons. The van der Waals surface area contributed by atoms with Gasteiger partial charge >= 0.3 is 6.61 Å². The van der Waals surface area contributed by atoms with Gasteiger partial charge in [0.25, 0.3) is 0 Å². The maximum absolute atomic E-state index is 12.9. The molecular weight excluding hydrogens is 418 g/mol. The first-order valence-corrected chi connectivity index (χ1v) is 10.7. The van der Waals surface area contributed by atoms with E-state index in [2.05, 4.69) is 10.1 Å². The number of hydrogen-bond acceptors (Lipinski definition) is 5. The van der Waals surface area contributed by atoms with Crippen molar-refractivity contribution in [2.45, 2.75) is 36.9 Å². The van der Waals surface area contributed by atoms with Gasteiger partial charge in [-0.25, -0.2) is 8.42 Å². The molecule has 0 aliphatic carbocycles. The van der Waals surface area contributed by atoms with E-state index in [9.17, 15) is 22.0 Å². The predicted molar refractivity (Wildman–Crippen MR) is 105 cm³/mol. The molecule has 0 saturated carbocycles. The number of carbonyl (C=O) groups excluding carboxylic acids is 1. The Morgan fingerprint density at radius 1 is 1.20 bits per heavy atom. The molecule has 1 aliphatic heterocycles. The molecule has 1 saturated heterocycles. The maximum atomic E-state index is 12.9. The number of ether oxygens (including phenoxy) is 2. The molecule has 1 aliphatic rings. The molecular formula is C20H22F2N2O5S. The lowest BCUT2D eigenvalue weighted by Gasteiger charge is -2.23. The van der Waals surface area contributed by atoms with Gasteiger partial charge in [0.2, 0.25) is 15.9 Å². The van der Waals surface area contributed by atoms with Crippen LogP contribution in [0.2, 0.25) is 0 Å². The van der Waals surface area contributed by atoms with E-state index < -0.39 is 28.6 Å². The number of benzene rings is 2. The highest BCUT2D eigenvalue weighted by atomic mass is 32.2. The summed E-state index contributed by atoms with van der Waals surface area (Å²) in [5, 5.41) is 2.72. The molecule has 0 aromatic heterocycles. The number of hydrogen-bond donors (Lipinski definition) is 1. The number of nitrogens with one attached hydrogen (secondary N) is 1. The fraction of sp³-hybridized carbons (Fsp3) is 0.350. The summed E-state index contributed by atoms with van der Waals surface area (Å²) >= 11 is 0. The molecule has 1 N–H and O–H groups in total. The second-order valence-electron chi connectivity index (χ2n) is 6.67. The molecule has 7 nitrogen and oxygen atoms in total. The third-order valence-corrected chi connectivity index (χ3v) is 6.69. The second kappa shape index (κ2) is 9.40. The first-order chi connectivity index (χ1) is 14.3. The first kappa shape index (κ1) is 22.0. The minimum atomic E-state index is -3.78. The summed E-state index contributed by atoms with van der Waals surface area (Å²) in [6.07, 6.45) is 1.00. The van der Waals surface area contributed by atoms with E-state index >= 15 is 0 Å². The van der Waals surface area contributed by atoms with Crippen LogP contribution >= 0.6 is 0 Å². The quantitative estimate of drug-likeness (QED) is 0.682. The van der Waals surface area contributed by atoms with Gasteiger partial charge in [0.1, 0.15) is 6.04 Å². The number of sulfonamides is 1. The fourth-order valence-corrected chi connectivity index (χ4v) is 5.02. The maximum Gasteiger partial charge on any atom is 0.387 e.